The predicted molar refractivity (Wildman–Crippen MR) is 127 cm³/mol. The standard InChI is InChI=1S/C29H44O4/c1-17-8-13-29(31-16-17)18(2)26-25(33-29)15-24-22-7-6-20-14-21(32-19(3)30)9-11-27(20,4)23(22)10-12-28(24,26)5/h6,17-18,21-26H,7-16H2,1-5H3/t17-,18+,21+,22-,23+,24+,25+,26+,27+,28+,29-/m1/s1. The number of hydrogen-bond acceptors (Lipinski definition) is 4. The number of hydrogen-bond donors (Lipinski definition) is 0. The summed E-state index contributed by atoms with van der Waals surface area (Å²) >= 11 is 0. The summed E-state index contributed by atoms with van der Waals surface area (Å²) in [6, 6.07) is 0. The third-order valence-electron chi connectivity index (χ3n) is 11.7. The third kappa shape index (κ3) is 3.18. The van der Waals surface area contributed by atoms with Crippen LogP contribution in [0.25, 0.3) is 0 Å². The number of rotatable bonds is 1. The highest BCUT2D eigenvalue weighted by Crippen LogP contribution is 2.70. The van der Waals surface area contributed by atoms with Crippen LogP contribution in [0.4, 0.5) is 0 Å². The number of carbonyl (C=O) groups is 1. The molecule has 0 aromatic heterocycles. The van der Waals surface area contributed by atoms with Gasteiger partial charge in [0.1, 0.15) is 6.10 Å². The highest BCUT2D eigenvalue weighted by Gasteiger charge is 2.68. The van der Waals surface area contributed by atoms with Crippen molar-refractivity contribution < 1.29 is 19.0 Å². The Labute approximate surface area is 200 Å². The van der Waals surface area contributed by atoms with E-state index in [1.54, 1.807) is 12.5 Å². The van der Waals surface area contributed by atoms with Gasteiger partial charge in [-0.2, -0.15) is 0 Å². The summed E-state index contributed by atoms with van der Waals surface area (Å²) in [7, 11) is 0. The molecule has 6 rings (SSSR count). The van der Waals surface area contributed by atoms with Crippen LogP contribution in [-0.2, 0) is 19.0 Å². The quantitative estimate of drug-likeness (QED) is 0.344. The molecule has 184 valence electrons. The maximum Gasteiger partial charge on any atom is 0.302 e. The topological polar surface area (TPSA) is 44.8 Å². The maximum atomic E-state index is 11.5. The van der Waals surface area contributed by atoms with Gasteiger partial charge < -0.3 is 14.2 Å². The van der Waals surface area contributed by atoms with Crippen molar-refractivity contribution in [1.82, 2.24) is 0 Å². The van der Waals surface area contributed by atoms with Gasteiger partial charge in [-0.1, -0.05) is 39.3 Å². The fourth-order valence-electron chi connectivity index (χ4n) is 9.98. The lowest BCUT2D eigenvalue weighted by molar-refractivity contribution is -0.272. The lowest BCUT2D eigenvalue weighted by Crippen LogP contribution is -2.52. The van der Waals surface area contributed by atoms with E-state index >= 15 is 0 Å². The summed E-state index contributed by atoms with van der Waals surface area (Å²) in [5.41, 5.74) is 2.24. The average molecular weight is 457 g/mol. The Morgan fingerprint density at radius 3 is 2.64 bits per heavy atom. The molecular formula is C29H44O4. The van der Waals surface area contributed by atoms with Crippen LogP contribution < -0.4 is 0 Å². The molecular weight excluding hydrogens is 412 g/mol. The fourth-order valence-corrected chi connectivity index (χ4v) is 9.98. The largest absolute Gasteiger partial charge is 0.462 e. The van der Waals surface area contributed by atoms with Crippen molar-refractivity contribution in [3.05, 3.63) is 11.6 Å². The highest BCUT2D eigenvalue weighted by atomic mass is 16.7. The summed E-state index contributed by atoms with van der Waals surface area (Å²) in [4.78, 5) is 11.5. The van der Waals surface area contributed by atoms with Gasteiger partial charge in [0.15, 0.2) is 5.79 Å². The number of ether oxygens (including phenoxy) is 3. The van der Waals surface area contributed by atoms with Crippen LogP contribution in [0.15, 0.2) is 11.6 Å². The lowest BCUT2D eigenvalue weighted by atomic mass is 9.47. The van der Waals surface area contributed by atoms with Crippen molar-refractivity contribution in [2.75, 3.05) is 6.61 Å². The SMILES string of the molecule is CC(=O)O[C@H]1CC[C@@]2(C)C(=CC[C@H]3[C@@H]4C[C@@H]5O[C@]6(CC[C@@H](C)CO6)[C@@H](C)[C@@H]5[C@@]4(C)CC[C@@H]32)C1. The molecule has 0 aromatic carbocycles. The molecule has 0 unspecified atom stereocenters. The summed E-state index contributed by atoms with van der Waals surface area (Å²) in [5.74, 6) is 3.64. The van der Waals surface area contributed by atoms with E-state index < -0.39 is 0 Å². The number of allylic oxidation sites excluding steroid dienone is 1. The molecule has 2 heterocycles. The monoisotopic (exact) mass is 456 g/mol. The van der Waals surface area contributed by atoms with Gasteiger partial charge in [-0.25, -0.2) is 0 Å². The summed E-state index contributed by atoms with van der Waals surface area (Å²) < 4.78 is 19.0. The number of esters is 1. The van der Waals surface area contributed by atoms with Crippen LogP contribution in [0.2, 0.25) is 0 Å². The van der Waals surface area contributed by atoms with E-state index in [-0.39, 0.29) is 23.3 Å². The Balaban J connectivity index is 1.24. The Hall–Kier alpha value is -0.870. The first-order chi connectivity index (χ1) is 15.7. The van der Waals surface area contributed by atoms with Crippen LogP contribution in [0.1, 0.15) is 92.4 Å². The van der Waals surface area contributed by atoms with Crippen LogP contribution in [-0.4, -0.2) is 30.6 Å². The molecule has 0 aromatic rings. The molecule has 0 bridgehead atoms. The molecule has 6 aliphatic rings. The maximum absolute atomic E-state index is 11.5. The molecule has 11 atom stereocenters. The van der Waals surface area contributed by atoms with Crippen molar-refractivity contribution in [3.8, 4) is 0 Å². The lowest BCUT2D eigenvalue weighted by Gasteiger charge is -2.58. The Kier molecular flexibility index (Phi) is 5.18. The van der Waals surface area contributed by atoms with E-state index in [1.807, 2.05) is 0 Å². The smallest absolute Gasteiger partial charge is 0.302 e. The van der Waals surface area contributed by atoms with Crippen LogP contribution in [0.5, 0.6) is 0 Å². The number of fused-ring (bicyclic) bond motifs is 7. The van der Waals surface area contributed by atoms with Crippen LogP contribution >= 0.6 is 0 Å². The van der Waals surface area contributed by atoms with E-state index in [9.17, 15) is 4.79 Å². The molecule has 2 saturated heterocycles. The van der Waals surface area contributed by atoms with Gasteiger partial charge in [-0.05, 0) is 85.4 Å². The molecule has 3 saturated carbocycles. The summed E-state index contributed by atoms with van der Waals surface area (Å²) in [6.07, 6.45) is 13.6. The van der Waals surface area contributed by atoms with Gasteiger partial charge in [0.25, 0.3) is 0 Å². The highest BCUT2D eigenvalue weighted by molar-refractivity contribution is 5.66. The molecule has 33 heavy (non-hydrogen) atoms. The minimum absolute atomic E-state index is 0.0849. The molecule has 0 radical (unpaired) electrons. The van der Waals surface area contributed by atoms with Crippen molar-refractivity contribution in [2.24, 2.45) is 46.3 Å². The minimum Gasteiger partial charge on any atom is -0.462 e. The van der Waals surface area contributed by atoms with Crippen LogP contribution in [0.3, 0.4) is 0 Å². The first kappa shape index (κ1) is 22.6. The first-order valence-electron chi connectivity index (χ1n) is 13.8. The molecule has 4 heteroatoms. The van der Waals surface area contributed by atoms with Crippen molar-refractivity contribution in [3.63, 3.8) is 0 Å². The Morgan fingerprint density at radius 2 is 1.91 bits per heavy atom. The summed E-state index contributed by atoms with van der Waals surface area (Å²) in [5, 5.41) is 0. The Morgan fingerprint density at radius 1 is 1.09 bits per heavy atom. The third-order valence-corrected chi connectivity index (χ3v) is 11.7. The van der Waals surface area contributed by atoms with Gasteiger partial charge in [-0.15, -0.1) is 0 Å². The predicted octanol–water partition coefficient (Wildman–Crippen LogP) is 6.28. The van der Waals surface area contributed by atoms with Crippen molar-refractivity contribution >= 4 is 5.97 Å². The van der Waals surface area contributed by atoms with Gasteiger partial charge in [0.2, 0.25) is 0 Å². The average Bonchev–Trinajstić information content (AvgIpc) is 3.21. The summed E-state index contributed by atoms with van der Waals surface area (Å²) in [6.45, 7) is 12.3. The second-order valence-electron chi connectivity index (χ2n) is 13.3. The molecule has 5 fully saturated rings. The van der Waals surface area contributed by atoms with Gasteiger partial charge in [-0.3, -0.25) is 4.79 Å². The molecule has 4 aliphatic carbocycles. The van der Waals surface area contributed by atoms with E-state index in [2.05, 4.69) is 33.8 Å². The van der Waals surface area contributed by atoms with E-state index in [4.69, 9.17) is 14.2 Å². The van der Waals surface area contributed by atoms with Crippen molar-refractivity contribution in [2.45, 2.75) is 110 Å². The Bertz CT molecular complexity index is 841. The van der Waals surface area contributed by atoms with E-state index in [1.165, 1.54) is 32.1 Å². The minimum atomic E-state index is -0.312. The van der Waals surface area contributed by atoms with Gasteiger partial charge >= 0.3 is 5.97 Å². The van der Waals surface area contributed by atoms with E-state index in [0.717, 1.165) is 50.0 Å². The molecule has 0 amide bonds. The van der Waals surface area contributed by atoms with Crippen molar-refractivity contribution in [1.29, 1.82) is 0 Å². The first-order valence-corrected chi connectivity index (χ1v) is 13.8. The fraction of sp³-hybridized carbons (Fsp3) is 0.897. The molecule has 4 nitrogen and oxygen atoms in total. The zero-order valence-electron chi connectivity index (χ0n) is 21.4. The normalized spacial score (nSPS) is 55.2. The van der Waals surface area contributed by atoms with Crippen LogP contribution in [0, 0.1) is 46.3 Å². The van der Waals surface area contributed by atoms with Gasteiger partial charge in [0, 0.05) is 25.7 Å². The number of carbonyl (C=O) groups excluding carboxylic acids is 1. The van der Waals surface area contributed by atoms with E-state index in [0.29, 0.717) is 29.3 Å². The second kappa shape index (κ2) is 7.56. The molecule has 1 spiro atoms. The zero-order valence-corrected chi connectivity index (χ0v) is 21.4. The zero-order chi connectivity index (χ0) is 23.2. The molecule has 2 aliphatic heterocycles. The second-order valence-corrected chi connectivity index (χ2v) is 13.3. The van der Waals surface area contributed by atoms with Gasteiger partial charge in [0.05, 0.1) is 12.7 Å². The molecule has 0 N–H and O–H groups in total.